The number of hydrogen-bond acceptors (Lipinski definition) is 5. The third kappa shape index (κ3) is 3.02. The van der Waals surface area contributed by atoms with Crippen LogP contribution in [0.25, 0.3) is 10.1 Å². The van der Waals surface area contributed by atoms with E-state index in [0.717, 1.165) is 16.5 Å². The van der Waals surface area contributed by atoms with Gasteiger partial charge in [-0.1, -0.05) is 18.2 Å². The molecule has 5 nitrogen and oxygen atoms in total. The van der Waals surface area contributed by atoms with Gasteiger partial charge in [0.15, 0.2) is 9.84 Å². The van der Waals surface area contributed by atoms with E-state index in [0.29, 0.717) is 23.5 Å². The molecule has 0 bridgehead atoms. The molecule has 1 aromatic carbocycles. The van der Waals surface area contributed by atoms with Gasteiger partial charge in [-0.05, 0) is 23.4 Å². The van der Waals surface area contributed by atoms with Crippen LogP contribution in [-0.4, -0.2) is 44.6 Å². The number of amides is 1. The molecule has 22 heavy (non-hydrogen) atoms. The number of sulfone groups is 1. The summed E-state index contributed by atoms with van der Waals surface area (Å²) >= 11 is 1.36. The number of carbonyl (C=O) groups excluding carboxylic acids is 1. The van der Waals surface area contributed by atoms with E-state index < -0.39 is 9.84 Å². The number of nitrogens with zero attached hydrogens (tertiary/aromatic N) is 1. The summed E-state index contributed by atoms with van der Waals surface area (Å²) in [5.74, 6) is -0.217. The number of rotatable bonds is 3. The van der Waals surface area contributed by atoms with Crippen molar-refractivity contribution in [3.05, 3.63) is 34.7 Å². The molecule has 2 N–H and O–H groups in total. The quantitative estimate of drug-likeness (QED) is 0.922. The van der Waals surface area contributed by atoms with Crippen molar-refractivity contribution in [2.75, 3.05) is 19.3 Å². The predicted molar refractivity (Wildman–Crippen MR) is 88.9 cm³/mol. The fourth-order valence-electron chi connectivity index (χ4n) is 2.79. The van der Waals surface area contributed by atoms with Crippen molar-refractivity contribution in [3.63, 3.8) is 0 Å². The molecule has 0 aliphatic carbocycles. The molecular formula is C15H18N2O3S2. The second-order valence-electron chi connectivity index (χ2n) is 5.78. The summed E-state index contributed by atoms with van der Waals surface area (Å²) in [6, 6.07) is 7.55. The highest BCUT2D eigenvalue weighted by Gasteiger charge is 2.29. The molecule has 2 aromatic rings. The Kier molecular flexibility index (Phi) is 3.96. The van der Waals surface area contributed by atoms with Gasteiger partial charge >= 0.3 is 0 Å². The van der Waals surface area contributed by atoms with Crippen molar-refractivity contribution in [1.82, 2.24) is 4.90 Å². The molecule has 1 amide bonds. The molecule has 3 rings (SSSR count). The second-order valence-corrected chi connectivity index (χ2v) is 8.97. The van der Waals surface area contributed by atoms with Gasteiger partial charge in [0.05, 0.1) is 10.6 Å². The first-order chi connectivity index (χ1) is 10.3. The molecular weight excluding hydrogens is 320 g/mol. The van der Waals surface area contributed by atoms with Crippen LogP contribution < -0.4 is 5.73 Å². The zero-order valence-corrected chi connectivity index (χ0v) is 13.9. The molecule has 0 radical (unpaired) electrons. The number of fused-ring (bicyclic) bond motifs is 1. The van der Waals surface area contributed by atoms with Crippen LogP contribution in [0.1, 0.15) is 21.7 Å². The average molecular weight is 338 g/mol. The summed E-state index contributed by atoms with van der Waals surface area (Å²) in [4.78, 5) is 15.0. The molecule has 0 unspecified atom stereocenters. The zero-order valence-electron chi connectivity index (χ0n) is 12.3. The van der Waals surface area contributed by atoms with E-state index in [1.54, 1.807) is 4.90 Å². The topological polar surface area (TPSA) is 80.5 Å². The highest BCUT2D eigenvalue weighted by atomic mass is 32.2. The van der Waals surface area contributed by atoms with Gasteiger partial charge in [-0.25, -0.2) is 8.42 Å². The van der Waals surface area contributed by atoms with Crippen molar-refractivity contribution >= 4 is 37.2 Å². The van der Waals surface area contributed by atoms with Gasteiger partial charge in [0, 0.05) is 30.1 Å². The van der Waals surface area contributed by atoms with Crippen LogP contribution in [0.2, 0.25) is 0 Å². The number of thiophene rings is 1. The first-order valence-electron chi connectivity index (χ1n) is 7.08. The number of likely N-dealkylation sites (tertiary alicyclic amines) is 1. The van der Waals surface area contributed by atoms with E-state index in [2.05, 4.69) is 0 Å². The Bertz CT molecular complexity index is 826. The molecule has 1 aliphatic heterocycles. The Labute approximate surface area is 133 Å². The number of hydrogen-bond donors (Lipinski definition) is 1. The Balaban J connectivity index is 2.08. The summed E-state index contributed by atoms with van der Waals surface area (Å²) in [7, 11) is -3.22. The van der Waals surface area contributed by atoms with Gasteiger partial charge in [-0.15, -0.1) is 11.3 Å². The third-order valence-electron chi connectivity index (χ3n) is 3.81. The van der Waals surface area contributed by atoms with Crippen LogP contribution in [-0.2, 0) is 15.6 Å². The van der Waals surface area contributed by atoms with Crippen molar-refractivity contribution < 1.29 is 13.2 Å². The van der Waals surface area contributed by atoms with Crippen molar-refractivity contribution in [1.29, 1.82) is 0 Å². The molecule has 0 spiro atoms. The Morgan fingerprint density at radius 3 is 2.77 bits per heavy atom. The van der Waals surface area contributed by atoms with Gasteiger partial charge < -0.3 is 10.6 Å². The van der Waals surface area contributed by atoms with Crippen LogP contribution >= 0.6 is 11.3 Å². The van der Waals surface area contributed by atoms with Crippen LogP contribution in [0.3, 0.4) is 0 Å². The molecule has 1 aromatic heterocycles. The number of nitrogens with two attached hydrogens (primary N) is 1. The zero-order chi connectivity index (χ0) is 15.9. The molecule has 1 aliphatic rings. The first kappa shape index (κ1) is 15.5. The maximum atomic E-state index is 12.8. The summed E-state index contributed by atoms with van der Waals surface area (Å²) in [5, 5.41) is 0.852. The largest absolute Gasteiger partial charge is 0.336 e. The molecule has 1 saturated heterocycles. The van der Waals surface area contributed by atoms with Crippen LogP contribution in [0, 0.1) is 0 Å². The van der Waals surface area contributed by atoms with E-state index in [9.17, 15) is 13.2 Å². The van der Waals surface area contributed by atoms with E-state index in [-0.39, 0.29) is 17.7 Å². The Morgan fingerprint density at radius 2 is 2.14 bits per heavy atom. The van der Waals surface area contributed by atoms with Crippen molar-refractivity contribution in [2.24, 2.45) is 5.73 Å². The Hall–Kier alpha value is -1.44. The molecule has 118 valence electrons. The van der Waals surface area contributed by atoms with E-state index in [1.807, 2.05) is 24.3 Å². The third-order valence-corrected chi connectivity index (χ3v) is 5.83. The highest BCUT2D eigenvalue weighted by Crippen LogP contribution is 2.34. The van der Waals surface area contributed by atoms with Crippen LogP contribution in [0.15, 0.2) is 24.3 Å². The summed E-state index contributed by atoms with van der Waals surface area (Å²) in [5.41, 5.74) is 6.49. The van der Waals surface area contributed by atoms with Gasteiger partial charge in [0.1, 0.15) is 0 Å². The number of benzene rings is 1. The summed E-state index contributed by atoms with van der Waals surface area (Å²) in [6.07, 6.45) is 1.98. The minimum absolute atomic E-state index is 0.0108. The van der Waals surface area contributed by atoms with Crippen molar-refractivity contribution in [2.45, 2.75) is 18.2 Å². The lowest BCUT2D eigenvalue weighted by Crippen LogP contribution is -2.32. The summed E-state index contributed by atoms with van der Waals surface area (Å²) < 4.78 is 24.4. The lowest BCUT2D eigenvalue weighted by atomic mass is 10.1. The van der Waals surface area contributed by atoms with E-state index in [1.165, 1.54) is 17.6 Å². The lowest BCUT2D eigenvalue weighted by Gasteiger charge is -2.15. The number of carbonyl (C=O) groups is 1. The molecule has 1 fully saturated rings. The van der Waals surface area contributed by atoms with E-state index >= 15 is 0 Å². The summed E-state index contributed by atoms with van der Waals surface area (Å²) in [6.45, 7) is 1.16. The first-order valence-corrected chi connectivity index (χ1v) is 9.96. The van der Waals surface area contributed by atoms with Gasteiger partial charge in [-0.3, -0.25) is 4.79 Å². The fraction of sp³-hybridized carbons (Fsp3) is 0.400. The monoisotopic (exact) mass is 338 g/mol. The second kappa shape index (κ2) is 5.64. The van der Waals surface area contributed by atoms with Crippen molar-refractivity contribution in [3.8, 4) is 0 Å². The molecule has 7 heteroatoms. The van der Waals surface area contributed by atoms with Gasteiger partial charge in [0.25, 0.3) is 5.91 Å². The van der Waals surface area contributed by atoms with Crippen LogP contribution in [0.4, 0.5) is 0 Å². The van der Waals surface area contributed by atoms with Gasteiger partial charge in [0.2, 0.25) is 0 Å². The predicted octanol–water partition coefficient (Wildman–Crippen LogP) is 1.62. The minimum Gasteiger partial charge on any atom is -0.336 e. The normalized spacial score (nSPS) is 19.0. The standard InChI is InChI=1S/C15H18N2O3S2/c1-22(19,20)9-12-11-4-2-3-5-13(11)21-14(12)15(18)17-7-6-10(16)8-17/h2-5,10H,6-9,16H2,1H3/t10-/m1/s1. The van der Waals surface area contributed by atoms with E-state index in [4.69, 9.17) is 5.73 Å². The maximum Gasteiger partial charge on any atom is 0.264 e. The molecule has 2 heterocycles. The minimum atomic E-state index is -3.22. The SMILES string of the molecule is CS(=O)(=O)Cc1c(C(=O)N2CC[C@@H](N)C2)sc2ccccc12. The fourth-order valence-corrected chi connectivity index (χ4v) is 4.90. The van der Waals surface area contributed by atoms with Crippen LogP contribution in [0.5, 0.6) is 0 Å². The molecule has 0 saturated carbocycles. The van der Waals surface area contributed by atoms with Gasteiger partial charge in [-0.2, -0.15) is 0 Å². The molecule has 1 atom stereocenters. The Morgan fingerprint density at radius 1 is 1.41 bits per heavy atom. The smallest absolute Gasteiger partial charge is 0.264 e. The lowest BCUT2D eigenvalue weighted by molar-refractivity contribution is 0.0795. The average Bonchev–Trinajstić information content (AvgIpc) is 3.01. The highest BCUT2D eigenvalue weighted by molar-refractivity contribution is 7.89. The maximum absolute atomic E-state index is 12.8.